The Kier molecular flexibility index (Phi) is 6.43. The van der Waals surface area contributed by atoms with Gasteiger partial charge in [-0.25, -0.2) is 0 Å². The van der Waals surface area contributed by atoms with Crippen LogP contribution < -0.4 is 0 Å². The normalized spacial score (nSPS) is 12.0. The molecule has 0 aliphatic carbocycles. The maximum atomic E-state index is 4.99. The molecular formula is C9H14O2. The van der Waals surface area contributed by atoms with Crippen molar-refractivity contribution >= 4 is 0 Å². The SMILES string of the molecule is C=C/C=C\C=C(/COC)OC. The molecule has 0 saturated carbocycles. The first-order valence-electron chi connectivity index (χ1n) is 3.36. The minimum atomic E-state index is 0.498. The molecule has 0 rings (SSSR count). The van der Waals surface area contributed by atoms with Gasteiger partial charge in [-0.3, -0.25) is 0 Å². The van der Waals surface area contributed by atoms with Gasteiger partial charge in [-0.2, -0.15) is 0 Å². The van der Waals surface area contributed by atoms with Gasteiger partial charge in [-0.05, 0) is 6.08 Å². The summed E-state index contributed by atoms with van der Waals surface area (Å²) in [6.45, 7) is 4.04. The first kappa shape index (κ1) is 9.98. The lowest BCUT2D eigenvalue weighted by Gasteiger charge is -2.01. The van der Waals surface area contributed by atoms with E-state index in [1.807, 2.05) is 18.2 Å². The van der Waals surface area contributed by atoms with Crippen LogP contribution in [0.25, 0.3) is 0 Å². The van der Waals surface area contributed by atoms with E-state index in [0.29, 0.717) is 6.61 Å². The van der Waals surface area contributed by atoms with Gasteiger partial charge in [-0.1, -0.05) is 24.8 Å². The molecule has 0 saturated heterocycles. The third-order valence-electron chi connectivity index (χ3n) is 1.08. The van der Waals surface area contributed by atoms with E-state index in [4.69, 9.17) is 9.47 Å². The van der Waals surface area contributed by atoms with Crippen molar-refractivity contribution in [2.24, 2.45) is 0 Å². The minimum absolute atomic E-state index is 0.498. The number of hydrogen-bond donors (Lipinski definition) is 0. The first-order valence-corrected chi connectivity index (χ1v) is 3.36. The summed E-state index contributed by atoms with van der Waals surface area (Å²) in [5.74, 6) is 0.797. The Morgan fingerprint density at radius 2 is 2.09 bits per heavy atom. The smallest absolute Gasteiger partial charge is 0.121 e. The molecule has 0 fully saturated rings. The molecule has 62 valence electrons. The van der Waals surface area contributed by atoms with E-state index in [1.165, 1.54) is 0 Å². The second-order valence-corrected chi connectivity index (χ2v) is 1.89. The molecule has 0 unspecified atom stereocenters. The maximum absolute atomic E-state index is 4.99. The van der Waals surface area contributed by atoms with Gasteiger partial charge in [0, 0.05) is 7.11 Å². The number of hydrogen-bond acceptors (Lipinski definition) is 2. The van der Waals surface area contributed by atoms with Crippen molar-refractivity contribution in [3.63, 3.8) is 0 Å². The largest absolute Gasteiger partial charge is 0.499 e. The molecule has 0 spiro atoms. The van der Waals surface area contributed by atoms with Gasteiger partial charge < -0.3 is 9.47 Å². The van der Waals surface area contributed by atoms with Crippen LogP contribution in [0.2, 0.25) is 0 Å². The highest BCUT2D eigenvalue weighted by Gasteiger charge is 1.89. The van der Waals surface area contributed by atoms with Gasteiger partial charge in [0.25, 0.3) is 0 Å². The van der Waals surface area contributed by atoms with Crippen LogP contribution in [0.3, 0.4) is 0 Å². The van der Waals surface area contributed by atoms with E-state index in [2.05, 4.69) is 6.58 Å². The topological polar surface area (TPSA) is 18.5 Å². The average molecular weight is 154 g/mol. The Morgan fingerprint density at radius 1 is 1.36 bits per heavy atom. The van der Waals surface area contributed by atoms with Crippen molar-refractivity contribution in [3.05, 3.63) is 36.6 Å². The van der Waals surface area contributed by atoms with Crippen molar-refractivity contribution in [1.29, 1.82) is 0 Å². The van der Waals surface area contributed by atoms with Gasteiger partial charge in [0.1, 0.15) is 12.4 Å². The highest BCUT2D eigenvalue weighted by Crippen LogP contribution is 1.95. The predicted molar refractivity (Wildman–Crippen MR) is 46.3 cm³/mol. The Hall–Kier alpha value is -1.02. The van der Waals surface area contributed by atoms with E-state index >= 15 is 0 Å². The zero-order chi connectivity index (χ0) is 8.53. The standard InChI is InChI=1S/C9H14O2/c1-4-5-6-7-9(11-3)8-10-2/h4-7H,1,8H2,2-3H3/b6-5-,9-7+. The monoisotopic (exact) mass is 154 g/mol. The quantitative estimate of drug-likeness (QED) is 0.445. The molecule has 0 aliphatic rings. The molecule has 2 nitrogen and oxygen atoms in total. The van der Waals surface area contributed by atoms with Crippen LogP contribution in [0.1, 0.15) is 0 Å². The zero-order valence-electron chi connectivity index (χ0n) is 7.04. The minimum Gasteiger partial charge on any atom is -0.499 e. The molecule has 0 aromatic carbocycles. The lowest BCUT2D eigenvalue weighted by atomic mass is 10.4. The van der Waals surface area contributed by atoms with Crippen LogP contribution in [0.5, 0.6) is 0 Å². The fourth-order valence-corrected chi connectivity index (χ4v) is 0.559. The Bertz CT molecular complexity index is 157. The molecule has 0 N–H and O–H groups in total. The third-order valence-corrected chi connectivity index (χ3v) is 1.08. The molecule has 2 heteroatoms. The number of methoxy groups -OCH3 is 2. The summed E-state index contributed by atoms with van der Waals surface area (Å²) in [7, 11) is 3.25. The molecule has 0 heterocycles. The Morgan fingerprint density at radius 3 is 2.55 bits per heavy atom. The molecule has 0 radical (unpaired) electrons. The van der Waals surface area contributed by atoms with E-state index in [-0.39, 0.29) is 0 Å². The van der Waals surface area contributed by atoms with Gasteiger partial charge in [0.05, 0.1) is 7.11 Å². The van der Waals surface area contributed by atoms with E-state index < -0.39 is 0 Å². The molecule has 0 amide bonds. The fraction of sp³-hybridized carbons (Fsp3) is 0.333. The maximum Gasteiger partial charge on any atom is 0.121 e. The lowest BCUT2D eigenvalue weighted by Crippen LogP contribution is -1.95. The van der Waals surface area contributed by atoms with Gasteiger partial charge in [-0.15, -0.1) is 0 Å². The lowest BCUT2D eigenvalue weighted by molar-refractivity contribution is 0.159. The van der Waals surface area contributed by atoms with Crippen molar-refractivity contribution in [2.75, 3.05) is 20.8 Å². The van der Waals surface area contributed by atoms with Crippen LogP contribution >= 0.6 is 0 Å². The molecule has 11 heavy (non-hydrogen) atoms. The summed E-state index contributed by atoms with van der Waals surface area (Å²) >= 11 is 0. The number of ether oxygens (including phenoxy) is 2. The summed E-state index contributed by atoms with van der Waals surface area (Å²) in [5.41, 5.74) is 0. The van der Waals surface area contributed by atoms with E-state index in [0.717, 1.165) is 5.76 Å². The van der Waals surface area contributed by atoms with Crippen molar-refractivity contribution in [3.8, 4) is 0 Å². The van der Waals surface area contributed by atoms with Crippen LogP contribution in [0.15, 0.2) is 36.6 Å². The second kappa shape index (κ2) is 7.09. The van der Waals surface area contributed by atoms with Crippen molar-refractivity contribution < 1.29 is 9.47 Å². The summed E-state index contributed by atoms with van der Waals surface area (Å²) in [6.07, 6.45) is 7.22. The second-order valence-electron chi connectivity index (χ2n) is 1.89. The molecule has 0 aromatic heterocycles. The third kappa shape index (κ3) is 5.43. The van der Waals surface area contributed by atoms with Gasteiger partial charge >= 0.3 is 0 Å². The fourth-order valence-electron chi connectivity index (χ4n) is 0.559. The Labute approximate surface area is 67.8 Å². The molecular weight excluding hydrogens is 140 g/mol. The van der Waals surface area contributed by atoms with E-state index in [9.17, 15) is 0 Å². The van der Waals surface area contributed by atoms with E-state index in [1.54, 1.807) is 20.3 Å². The zero-order valence-corrected chi connectivity index (χ0v) is 7.04. The summed E-state index contributed by atoms with van der Waals surface area (Å²) in [6, 6.07) is 0. The summed E-state index contributed by atoms with van der Waals surface area (Å²) in [5, 5.41) is 0. The van der Waals surface area contributed by atoms with Crippen molar-refractivity contribution in [2.45, 2.75) is 0 Å². The van der Waals surface area contributed by atoms with Crippen LogP contribution in [-0.4, -0.2) is 20.8 Å². The number of allylic oxidation sites excluding steroid dienone is 4. The number of rotatable bonds is 5. The Balaban J connectivity index is 3.88. The summed E-state index contributed by atoms with van der Waals surface area (Å²) < 4.78 is 9.86. The average Bonchev–Trinajstić information content (AvgIpc) is 2.03. The predicted octanol–water partition coefficient (Wildman–Crippen LogP) is 1.91. The van der Waals surface area contributed by atoms with Crippen molar-refractivity contribution in [1.82, 2.24) is 0 Å². The molecule has 0 bridgehead atoms. The van der Waals surface area contributed by atoms with Crippen LogP contribution in [0.4, 0.5) is 0 Å². The highest BCUT2D eigenvalue weighted by molar-refractivity contribution is 5.12. The molecule has 0 aromatic rings. The highest BCUT2D eigenvalue weighted by atomic mass is 16.5. The first-order chi connectivity index (χ1) is 5.35. The van der Waals surface area contributed by atoms with Crippen LogP contribution in [0, 0.1) is 0 Å². The van der Waals surface area contributed by atoms with Gasteiger partial charge in [0.2, 0.25) is 0 Å². The summed E-state index contributed by atoms with van der Waals surface area (Å²) in [4.78, 5) is 0. The molecule has 0 aliphatic heterocycles. The van der Waals surface area contributed by atoms with Gasteiger partial charge in [0.15, 0.2) is 0 Å². The van der Waals surface area contributed by atoms with Crippen LogP contribution in [-0.2, 0) is 9.47 Å². The molecule has 0 atom stereocenters.